The average molecular weight is 262 g/mol. The molecule has 0 aliphatic carbocycles. The Kier molecular flexibility index (Phi) is 4.35. The minimum Gasteiger partial charge on any atom is -0.417 e. The van der Waals surface area contributed by atoms with Crippen LogP contribution in [0, 0.1) is 0 Å². The van der Waals surface area contributed by atoms with Gasteiger partial charge in [0.15, 0.2) is 0 Å². The van der Waals surface area contributed by atoms with Crippen molar-refractivity contribution < 1.29 is 4.42 Å². The van der Waals surface area contributed by atoms with E-state index in [1.54, 1.807) is 0 Å². The van der Waals surface area contributed by atoms with Crippen molar-refractivity contribution in [1.82, 2.24) is 10.2 Å². The summed E-state index contributed by atoms with van der Waals surface area (Å²) in [5, 5.41) is 9.22. The molecule has 1 aromatic rings. The van der Waals surface area contributed by atoms with Crippen molar-refractivity contribution in [2.75, 3.05) is 30.3 Å². The van der Waals surface area contributed by atoms with Gasteiger partial charge in [0.05, 0.1) is 0 Å². The molecule has 0 N–H and O–H groups in total. The molecule has 0 fully saturated rings. The van der Waals surface area contributed by atoms with E-state index >= 15 is 0 Å². The van der Waals surface area contributed by atoms with Crippen LogP contribution in [0.2, 0.25) is 0 Å². The molecule has 0 spiro atoms. The van der Waals surface area contributed by atoms with Crippen LogP contribution < -0.4 is 0 Å². The Morgan fingerprint density at radius 1 is 1.25 bits per heavy atom. The van der Waals surface area contributed by atoms with Crippen LogP contribution in [0.25, 0.3) is 0 Å². The van der Waals surface area contributed by atoms with Crippen LogP contribution >= 0.6 is 21.8 Å². The van der Waals surface area contributed by atoms with Crippen molar-refractivity contribution in [3.8, 4) is 0 Å². The third kappa shape index (κ3) is 3.42. The third-order valence-corrected chi connectivity index (χ3v) is 5.52. The molecule has 0 radical (unpaired) electrons. The fourth-order valence-electron chi connectivity index (χ4n) is 1.12. The van der Waals surface area contributed by atoms with Gasteiger partial charge in [0.2, 0.25) is 5.89 Å². The predicted molar refractivity (Wildman–Crippen MR) is 74.0 cm³/mol. The van der Waals surface area contributed by atoms with Crippen LogP contribution in [-0.4, -0.2) is 40.5 Å². The van der Waals surface area contributed by atoms with E-state index in [2.05, 4.69) is 49.7 Å². The van der Waals surface area contributed by atoms with Crippen molar-refractivity contribution in [2.24, 2.45) is 0 Å². The van der Waals surface area contributed by atoms with Gasteiger partial charge in [-0.1, -0.05) is 20.8 Å². The molecular weight excluding hydrogens is 240 g/mol. The summed E-state index contributed by atoms with van der Waals surface area (Å²) in [5.74, 6) is 3.03. The molecule has 5 heteroatoms. The molecule has 94 valence electrons. The summed E-state index contributed by atoms with van der Waals surface area (Å²) < 4.78 is 5.82. The van der Waals surface area contributed by atoms with Crippen molar-refractivity contribution in [3.63, 3.8) is 0 Å². The van der Waals surface area contributed by atoms with E-state index in [9.17, 15) is 0 Å². The topological polar surface area (TPSA) is 38.9 Å². The van der Waals surface area contributed by atoms with E-state index in [1.807, 2.05) is 11.8 Å². The van der Waals surface area contributed by atoms with E-state index in [1.165, 1.54) is 0 Å². The summed E-state index contributed by atoms with van der Waals surface area (Å²) in [6.07, 6.45) is 6.61. The van der Waals surface area contributed by atoms with Crippen molar-refractivity contribution in [1.29, 1.82) is 0 Å². The normalized spacial score (nSPS) is 14.1. The first kappa shape index (κ1) is 13.9. The van der Waals surface area contributed by atoms with Crippen LogP contribution in [0.15, 0.2) is 9.64 Å². The highest BCUT2D eigenvalue weighted by molar-refractivity contribution is 8.32. The van der Waals surface area contributed by atoms with Crippen LogP contribution in [0.1, 0.15) is 26.7 Å². The fourth-order valence-corrected chi connectivity index (χ4v) is 4.19. The Labute approximate surface area is 104 Å². The van der Waals surface area contributed by atoms with E-state index in [0.29, 0.717) is 0 Å². The molecule has 0 unspecified atom stereocenters. The number of thioether (sulfide) groups is 1. The maximum atomic E-state index is 5.82. The Bertz CT molecular complexity index is 342. The molecule has 16 heavy (non-hydrogen) atoms. The highest BCUT2D eigenvalue weighted by Gasteiger charge is 2.26. The van der Waals surface area contributed by atoms with Gasteiger partial charge in [0.1, 0.15) is 0 Å². The molecule has 0 amide bonds. The second-order valence-corrected chi connectivity index (χ2v) is 10.2. The van der Waals surface area contributed by atoms with Crippen molar-refractivity contribution >= 4 is 21.8 Å². The van der Waals surface area contributed by atoms with Gasteiger partial charge in [0, 0.05) is 11.2 Å². The van der Waals surface area contributed by atoms with E-state index in [4.69, 9.17) is 4.42 Å². The zero-order valence-electron chi connectivity index (χ0n) is 11.0. The number of rotatable bonds is 4. The molecule has 0 aliphatic rings. The smallest absolute Gasteiger partial charge is 0.258 e. The molecule has 0 atom stereocenters. The summed E-state index contributed by atoms with van der Waals surface area (Å²) in [6, 6.07) is 0. The largest absolute Gasteiger partial charge is 0.417 e. The van der Waals surface area contributed by atoms with Gasteiger partial charge in [0.25, 0.3) is 5.22 Å². The first-order chi connectivity index (χ1) is 7.27. The number of hydrogen-bond donors (Lipinski definition) is 0. The standard InChI is InChI=1S/C11H22N2OS2/c1-11(2,3)9-12-13-10(14-9)16(5,6)8-7-15-4/h7-8H2,1-6H3. The van der Waals surface area contributed by atoms with Gasteiger partial charge in [-0.15, -0.1) is 10.2 Å². The van der Waals surface area contributed by atoms with Crippen molar-refractivity contribution in [2.45, 2.75) is 31.4 Å². The Morgan fingerprint density at radius 2 is 1.88 bits per heavy atom. The van der Waals surface area contributed by atoms with E-state index in [0.717, 1.165) is 22.6 Å². The number of nitrogens with zero attached hydrogens (tertiary/aromatic N) is 2. The average Bonchev–Trinajstić information content (AvgIpc) is 2.63. The number of aromatic nitrogens is 2. The molecule has 0 saturated heterocycles. The zero-order chi connectivity index (χ0) is 12.4. The van der Waals surface area contributed by atoms with Crippen LogP contribution in [0.4, 0.5) is 0 Å². The molecule has 1 rings (SSSR count). The lowest BCUT2D eigenvalue weighted by Gasteiger charge is -2.25. The maximum absolute atomic E-state index is 5.82. The summed E-state index contributed by atoms with van der Waals surface area (Å²) >= 11 is 1.87. The molecule has 0 aliphatic heterocycles. The molecule has 1 heterocycles. The van der Waals surface area contributed by atoms with Gasteiger partial charge >= 0.3 is 0 Å². The van der Waals surface area contributed by atoms with E-state index in [-0.39, 0.29) is 5.41 Å². The zero-order valence-corrected chi connectivity index (χ0v) is 12.7. The Morgan fingerprint density at radius 3 is 2.31 bits per heavy atom. The molecule has 0 bridgehead atoms. The second kappa shape index (κ2) is 5.00. The molecule has 0 saturated carbocycles. The minimum atomic E-state index is -0.923. The summed E-state index contributed by atoms with van der Waals surface area (Å²) in [7, 11) is -0.923. The first-order valence-electron chi connectivity index (χ1n) is 5.31. The maximum Gasteiger partial charge on any atom is 0.258 e. The predicted octanol–water partition coefficient (Wildman–Crippen LogP) is 3.15. The van der Waals surface area contributed by atoms with Gasteiger partial charge in [-0.3, -0.25) is 0 Å². The molecule has 3 nitrogen and oxygen atoms in total. The summed E-state index contributed by atoms with van der Waals surface area (Å²) in [4.78, 5) is 0. The van der Waals surface area contributed by atoms with Gasteiger partial charge in [-0.2, -0.15) is 21.8 Å². The van der Waals surface area contributed by atoms with Gasteiger partial charge in [-0.25, -0.2) is 0 Å². The molecule has 0 aromatic carbocycles. The van der Waals surface area contributed by atoms with Crippen LogP contribution in [0.5, 0.6) is 0 Å². The lowest BCUT2D eigenvalue weighted by Crippen LogP contribution is -2.11. The number of hydrogen-bond acceptors (Lipinski definition) is 4. The Hall–Kier alpha value is -0.160. The first-order valence-corrected chi connectivity index (χ1v) is 9.32. The fraction of sp³-hybridized carbons (Fsp3) is 0.818. The minimum absolute atomic E-state index is 0.0553. The second-order valence-electron chi connectivity index (χ2n) is 5.36. The quantitative estimate of drug-likeness (QED) is 0.835. The lowest BCUT2D eigenvalue weighted by atomic mass is 9.97. The van der Waals surface area contributed by atoms with Gasteiger partial charge in [-0.05, 0) is 24.5 Å². The van der Waals surface area contributed by atoms with Crippen LogP contribution in [0.3, 0.4) is 0 Å². The van der Waals surface area contributed by atoms with Crippen LogP contribution in [-0.2, 0) is 5.41 Å². The van der Waals surface area contributed by atoms with Crippen molar-refractivity contribution in [3.05, 3.63) is 5.89 Å². The lowest BCUT2D eigenvalue weighted by molar-refractivity contribution is 0.345. The highest BCUT2D eigenvalue weighted by Crippen LogP contribution is 2.48. The summed E-state index contributed by atoms with van der Waals surface area (Å²) in [6.45, 7) is 6.28. The third-order valence-electron chi connectivity index (χ3n) is 2.32. The monoisotopic (exact) mass is 262 g/mol. The van der Waals surface area contributed by atoms with E-state index < -0.39 is 10.0 Å². The molecular formula is C11H22N2OS2. The highest BCUT2D eigenvalue weighted by atomic mass is 32.3. The van der Waals surface area contributed by atoms with Gasteiger partial charge < -0.3 is 4.42 Å². The summed E-state index contributed by atoms with van der Waals surface area (Å²) in [5.41, 5.74) is -0.0553. The SMILES string of the molecule is CSCCS(C)(C)c1nnc(C(C)(C)C)o1. The Balaban J connectivity index is 2.84. The molecule has 1 aromatic heterocycles.